The van der Waals surface area contributed by atoms with Gasteiger partial charge in [-0.05, 0) is 16.7 Å². The molecule has 16 heavy (non-hydrogen) atoms. The third kappa shape index (κ3) is 1.69. The molecular formula is C12H21N3S. The summed E-state index contributed by atoms with van der Waals surface area (Å²) in [5.41, 5.74) is 3.70. The quantitative estimate of drug-likeness (QED) is 0.625. The zero-order valence-electron chi connectivity index (χ0n) is 10.4. The standard InChI is InChI=1S/C12H21N3S/c1-11(2)10(12(11,3)4)8(15-13)7-9-14-5-6-16-9/h5-6,8,10,15H,7,13H2,1-4H3. The van der Waals surface area contributed by atoms with E-state index in [0.29, 0.717) is 22.8 Å². The van der Waals surface area contributed by atoms with Gasteiger partial charge in [0, 0.05) is 24.0 Å². The Bertz CT molecular complexity index is 342. The van der Waals surface area contributed by atoms with Gasteiger partial charge >= 0.3 is 0 Å². The SMILES string of the molecule is CC1(C)C(C(Cc2nccs2)NN)C1(C)C. The molecule has 0 aliphatic heterocycles. The molecule has 1 heterocycles. The van der Waals surface area contributed by atoms with E-state index in [4.69, 9.17) is 5.84 Å². The molecule has 1 fully saturated rings. The number of hydrogen-bond acceptors (Lipinski definition) is 4. The second kappa shape index (κ2) is 3.79. The second-order valence-corrected chi connectivity index (χ2v) is 6.80. The molecule has 0 spiro atoms. The van der Waals surface area contributed by atoms with E-state index in [1.807, 2.05) is 11.6 Å². The normalized spacial score (nSPS) is 24.3. The fraction of sp³-hybridized carbons (Fsp3) is 0.750. The predicted molar refractivity (Wildman–Crippen MR) is 68.0 cm³/mol. The first-order valence-corrected chi connectivity index (χ1v) is 6.63. The van der Waals surface area contributed by atoms with E-state index in [9.17, 15) is 0 Å². The van der Waals surface area contributed by atoms with Gasteiger partial charge in [-0.15, -0.1) is 11.3 Å². The number of aromatic nitrogens is 1. The highest BCUT2D eigenvalue weighted by Crippen LogP contribution is 2.69. The Morgan fingerprint density at radius 3 is 2.44 bits per heavy atom. The van der Waals surface area contributed by atoms with Crippen molar-refractivity contribution in [1.82, 2.24) is 10.4 Å². The highest BCUT2D eigenvalue weighted by molar-refractivity contribution is 7.09. The van der Waals surface area contributed by atoms with Crippen LogP contribution in [0.5, 0.6) is 0 Å². The lowest BCUT2D eigenvalue weighted by molar-refractivity contribution is 0.402. The Balaban J connectivity index is 2.08. The zero-order valence-corrected chi connectivity index (χ0v) is 11.3. The third-order valence-electron chi connectivity index (χ3n) is 4.63. The number of thiazole rings is 1. The Kier molecular flexibility index (Phi) is 2.85. The highest BCUT2D eigenvalue weighted by atomic mass is 32.1. The number of nitrogens with two attached hydrogens (primary N) is 1. The summed E-state index contributed by atoms with van der Waals surface area (Å²) in [6, 6.07) is 0.330. The molecule has 0 radical (unpaired) electrons. The molecule has 1 aliphatic rings. The molecular weight excluding hydrogens is 218 g/mol. The summed E-state index contributed by atoms with van der Waals surface area (Å²) in [4.78, 5) is 4.33. The molecule has 1 aromatic heterocycles. The Morgan fingerprint density at radius 1 is 1.44 bits per heavy atom. The summed E-state index contributed by atoms with van der Waals surface area (Å²) in [5, 5.41) is 3.19. The van der Waals surface area contributed by atoms with Gasteiger partial charge in [0.05, 0.1) is 5.01 Å². The fourth-order valence-corrected chi connectivity index (χ4v) is 3.74. The minimum atomic E-state index is 0.330. The van der Waals surface area contributed by atoms with E-state index in [-0.39, 0.29) is 0 Å². The Morgan fingerprint density at radius 2 is 2.06 bits per heavy atom. The van der Waals surface area contributed by atoms with Crippen LogP contribution in [0.25, 0.3) is 0 Å². The smallest absolute Gasteiger partial charge is 0.0940 e. The predicted octanol–water partition coefficient (Wildman–Crippen LogP) is 2.20. The zero-order chi connectivity index (χ0) is 12.0. The highest BCUT2D eigenvalue weighted by Gasteiger charge is 2.66. The molecule has 1 aliphatic carbocycles. The summed E-state index contributed by atoms with van der Waals surface area (Å²) in [6.45, 7) is 9.29. The molecule has 3 N–H and O–H groups in total. The number of rotatable bonds is 4. The van der Waals surface area contributed by atoms with Crippen molar-refractivity contribution in [3.05, 3.63) is 16.6 Å². The average molecular weight is 239 g/mol. The molecule has 4 heteroatoms. The van der Waals surface area contributed by atoms with Crippen molar-refractivity contribution in [2.24, 2.45) is 22.6 Å². The fourth-order valence-electron chi connectivity index (χ4n) is 3.07. The van der Waals surface area contributed by atoms with Crippen LogP contribution in [0.3, 0.4) is 0 Å². The molecule has 1 unspecified atom stereocenters. The Labute approximate surface area is 101 Å². The minimum Gasteiger partial charge on any atom is -0.271 e. The lowest BCUT2D eigenvalue weighted by Crippen LogP contribution is -2.40. The van der Waals surface area contributed by atoms with E-state index in [1.165, 1.54) is 5.01 Å². The van der Waals surface area contributed by atoms with Gasteiger partial charge in [0.1, 0.15) is 0 Å². The molecule has 90 valence electrons. The van der Waals surface area contributed by atoms with E-state index < -0.39 is 0 Å². The van der Waals surface area contributed by atoms with Gasteiger partial charge in [-0.2, -0.15) is 0 Å². The van der Waals surface area contributed by atoms with Crippen LogP contribution in [-0.4, -0.2) is 11.0 Å². The van der Waals surface area contributed by atoms with Crippen molar-refractivity contribution < 1.29 is 0 Å². The summed E-state index contributed by atoms with van der Waals surface area (Å²) < 4.78 is 0. The van der Waals surface area contributed by atoms with Crippen LogP contribution in [0.1, 0.15) is 32.7 Å². The average Bonchev–Trinajstić information content (AvgIpc) is 2.63. The van der Waals surface area contributed by atoms with Crippen LogP contribution in [0.15, 0.2) is 11.6 Å². The van der Waals surface area contributed by atoms with Crippen molar-refractivity contribution >= 4 is 11.3 Å². The van der Waals surface area contributed by atoms with Gasteiger partial charge < -0.3 is 0 Å². The van der Waals surface area contributed by atoms with Gasteiger partial charge in [-0.25, -0.2) is 4.98 Å². The first-order chi connectivity index (χ1) is 7.41. The van der Waals surface area contributed by atoms with Gasteiger partial charge in [0.2, 0.25) is 0 Å². The van der Waals surface area contributed by atoms with Crippen LogP contribution in [0.2, 0.25) is 0 Å². The summed E-state index contributed by atoms with van der Waals surface area (Å²) in [7, 11) is 0. The molecule has 1 saturated carbocycles. The van der Waals surface area contributed by atoms with E-state index in [2.05, 4.69) is 38.1 Å². The Hall–Kier alpha value is -0.450. The third-order valence-corrected chi connectivity index (χ3v) is 5.43. The number of nitrogens with zero attached hydrogens (tertiary/aromatic N) is 1. The van der Waals surface area contributed by atoms with Gasteiger partial charge in [-0.1, -0.05) is 27.7 Å². The largest absolute Gasteiger partial charge is 0.271 e. The maximum Gasteiger partial charge on any atom is 0.0940 e. The van der Waals surface area contributed by atoms with Crippen LogP contribution in [0, 0.1) is 16.7 Å². The monoisotopic (exact) mass is 239 g/mol. The maximum atomic E-state index is 5.70. The molecule has 0 saturated heterocycles. The van der Waals surface area contributed by atoms with Gasteiger partial charge in [-0.3, -0.25) is 11.3 Å². The second-order valence-electron chi connectivity index (χ2n) is 5.82. The molecule has 1 aromatic rings. The lowest BCUT2D eigenvalue weighted by atomic mass is 10.0. The summed E-state index contributed by atoms with van der Waals surface area (Å²) in [6.07, 6.45) is 2.79. The number of hydrazine groups is 1. The molecule has 1 atom stereocenters. The van der Waals surface area contributed by atoms with E-state index >= 15 is 0 Å². The molecule has 2 rings (SSSR count). The van der Waals surface area contributed by atoms with E-state index in [0.717, 1.165) is 6.42 Å². The topological polar surface area (TPSA) is 50.9 Å². The van der Waals surface area contributed by atoms with Crippen LogP contribution >= 0.6 is 11.3 Å². The van der Waals surface area contributed by atoms with E-state index in [1.54, 1.807) is 11.3 Å². The van der Waals surface area contributed by atoms with Crippen molar-refractivity contribution in [3.63, 3.8) is 0 Å². The molecule has 0 aromatic carbocycles. The maximum absolute atomic E-state index is 5.70. The van der Waals surface area contributed by atoms with Crippen molar-refractivity contribution in [2.75, 3.05) is 0 Å². The first kappa shape index (κ1) is 12.0. The molecule has 0 bridgehead atoms. The van der Waals surface area contributed by atoms with Crippen LogP contribution < -0.4 is 11.3 Å². The summed E-state index contributed by atoms with van der Waals surface area (Å²) in [5.74, 6) is 6.32. The molecule has 0 amide bonds. The van der Waals surface area contributed by atoms with Crippen molar-refractivity contribution in [2.45, 2.75) is 40.2 Å². The summed E-state index contributed by atoms with van der Waals surface area (Å²) >= 11 is 1.71. The number of nitrogens with one attached hydrogen (secondary N) is 1. The van der Waals surface area contributed by atoms with Crippen molar-refractivity contribution in [3.8, 4) is 0 Å². The van der Waals surface area contributed by atoms with Gasteiger partial charge in [0.15, 0.2) is 0 Å². The first-order valence-electron chi connectivity index (χ1n) is 5.75. The minimum absolute atomic E-state index is 0.330. The molecule has 3 nitrogen and oxygen atoms in total. The lowest BCUT2D eigenvalue weighted by Gasteiger charge is -2.16. The van der Waals surface area contributed by atoms with Crippen molar-refractivity contribution in [1.29, 1.82) is 0 Å². The van der Waals surface area contributed by atoms with Gasteiger partial charge in [0.25, 0.3) is 0 Å². The number of hydrogen-bond donors (Lipinski definition) is 2. The van der Waals surface area contributed by atoms with Crippen LogP contribution in [-0.2, 0) is 6.42 Å². The van der Waals surface area contributed by atoms with Crippen LogP contribution in [0.4, 0.5) is 0 Å².